The first-order valence-electron chi connectivity index (χ1n) is 52.7. The number of pyridine rings is 6. The van der Waals surface area contributed by atoms with E-state index in [9.17, 15) is 0 Å². The summed E-state index contributed by atoms with van der Waals surface area (Å²) in [7, 11) is 0. The van der Waals surface area contributed by atoms with Gasteiger partial charge in [-0.1, -0.05) is 410 Å². The average molecular weight is 2430 g/mol. The van der Waals surface area contributed by atoms with Crippen molar-refractivity contribution in [3.63, 3.8) is 0 Å². The van der Waals surface area contributed by atoms with E-state index in [1.54, 1.807) is 6.20 Å². The molecule has 0 aliphatic carbocycles. The number of hydrogen-bond donors (Lipinski definition) is 0. The molecular formula is C128H156B3N7OPt3. The molecule has 7 aromatic heterocycles. The van der Waals surface area contributed by atoms with Crippen LogP contribution in [0.4, 0.5) is 0 Å². The predicted octanol–water partition coefficient (Wildman–Crippen LogP) is 29.2. The van der Waals surface area contributed by atoms with Gasteiger partial charge in [-0.2, -0.15) is 62.1 Å². The zero-order chi connectivity index (χ0) is 102. The summed E-state index contributed by atoms with van der Waals surface area (Å²) in [6.45, 7) is 64.3. The first kappa shape index (κ1) is 127. The topological polar surface area (TPSA) is 91.5 Å². The van der Waals surface area contributed by atoms with Crippen molar-refractivity contribution in [2.45, 2.75) is 260 Å². The third-order valence-corrected chi connectivity index (χ3v) is 22.4. The van der Waals surface area contributed by atoms with Crippen molar-refractivity contribution in [1.29, 1.82) is 0 Å². The number of benzene rings is 10. The van der Waals surface area contributed by atoms with Crippen molar-refractivity contribution in [2.24, 2.45) is 0 Å². The second-order valence-electron chi connectivity index (χ2n) is 28.5. The molecule has 23 rings (SSSR count). The molecule has 0 saturated carbocycles. The van der Waals surface area contributed by atoms with Crippen LogP contribution >= 0.6 is 0 Å². The Morgan fingerprint density at radius 1 is 0.225 bits per heavy atom. The molecule has 0 spiro atoms. The zero-order valence-corrected chi connectivity index (χ0v) is 98.0. The maximum Gasteiger partial charge on any atom is 2.00 e. The number of fused-ring (bicyclic) bond motifs is 15. The SMILES string of the molecule is CC.CC.CC.CC.CC.CC.CC.CC.CC.CC.CC.CC.CC.CC.CC.CC.[Pt+2].[Pt+2].[Pt+2].[c-]1c(-c2ccccn2)ccc2c1B1c3[c-]c(-c4ccccn4)ccc3Cc3cccc(c31)C2.[c-]1c(-c2ccccn2)ccc2c1B1c3[c-]c4c(cc3Cc3cccc(c31)C2)c1ccccc1n4-c1ccccn1.[c-]1c(Oc2ccccn2)ccc2c1B1c3[c-]c(-c4ccccn4)ccc3Cc3cccc(c31)C2. The van der Waals surface area contributed by atoms with E-state index in [1.165, 1.54) is 127 Å². The van der Waals surface area contributed by atoms with Crippen molar-refractivity contribution in [2.75, 3.05) is 0 Å². The third-order valence-electron chi connectivity index (χ3n) is 22.4. The van der Waals surface area contributed by atoms with E-state index in [4.69, 9.17) is 9.72 Å². The quantitative estimate of drug-likeness (QED) is 0.116. The van der Waals surface area contributed by atoms with Crippen molar-refractivity contribution in [3.05, 3.63) is 395 Å². The Hall–Kier alpha value is -11.0. The van der Waals surface area contributed by atoms with Gasteiger partial charge in [-0.25, -0.2) is 9.97 Å². The Morgan fingerprint density at radius 2 is 0.493 bits per heavy atom. The summed E-state index contributed by atoms with van der Waals surface area (Å²) in [6.07, 6.45) is 16.6. The van der Waals surface area contributed by atoms with E-state index in [0.717, 1.165) is 100 Å². The largest absolute Gasteiger partial charge is 2.00 e. The second kappa shape index (κ2) is 69.8. The van der Waals surface area contributed by atoms with Gasteiger partial charge in [-0.15, -0.1) is 135 Å². The summed E-state index contributed by atoms with van der Waals surface area (Å²) in [5.74, 6) is 2.17. The number of rotatable bonds is 7. The molecule has 0 saturated heterocycles. The van der Waals surface area contributed by atoms with Crippen LogP contribution in [-0.4, -0.2) is 54.6 Å². The molecule has 0 atom stereocenters. The van der Waals surface area contributed by atoms with Crippen molar-refractivity contribution in [3.8, 4) is 62.5 Å². The van der Waals surface area contributed by atoms with E-state index in [2.05, 4.69) is 236 Å². The predicted molar refractivity (Wildman–Crippen MR) is 613 cm³/mol. The molecule has 6 aliphatic rings. The average Bonchev–Trinajstić information content (AvgIpc) is 1.41. The van der Waals surface area contributed by atoms with Crippen LogP contribution in [0.1, 0.15) is 288 Å². The Morgan fingerprint density at radius 3 is 0.789 bits per heavy atom. The number of hydrogen-bond acceptors (Lipinski definition) is 7. The summed E-state index contributed by atoms with van der Waals surface area (Å²) in [6, 6.07) is 112. The molecule has 14 heteroatoms. The van der Waals surface area contributed by atoms with Crippen LogP contribution in [0.2, 0.25) is 0 Å². The molecule has 0 N–H and O–H groups in total. The Balaban J connectivity index is 0.000000626. The van der Waals surface area contributed by atoms with Crippen LogP contribution < -0.4 is 53.9 Å². The van der Waals surface area contributed by atoms with Gasteiger partial charge in [-0.3, -0.25) is 0 Å². The molecule has 0 bridgehead atoms. The van der Waals surface area contributed by atoms with Gasteiger partial charge in [0, 0.05) is 54.5 Å². The molecule has 142 heavy (non-hydrogen) atoms. The molecule has 0 radical (unpaired) electrons. The molecule has 0 fully saturated rings. The summed E-state index contributed by atoms with van der Waals surface area (Å²) in [5, 5.41) is 2.46. The van der Waals surface area contributed by atoms with Crippen LogP contribution in [0.3, 0.4) is 0 Å². The molecular weight excluding hydrogens is 2270 g/mol. The Labute approximate surface area is 903 Å². The van der Waals surface area contributed by atoms with Crippen LogP contribution in [-0.2, 0) is 102 Å². The van der Waals surface area contributed by atoms with E-state index in [1.807, 2.05) is 337 Å². The summed E-state index contributed by atoms with van der Waals surface area (Å²) >= 11 is 0. The maximum absolute atomic E-state index is 6.07. The third kappa shape index (κ3) is 29.6. The minimum atomic E-state index is 0. The number of ether oxygens (including phenoxy) is 1. The first-order valence-corrected chi connectivity index (χ1v) is 52.7. The summed E-state index contributed by atoms with van der Waals surface area (Å²) < 4.78 is 8.34. The van der Waals surface area contributed by atoms with Gasteiger partial charge < -0.3 is 29.2 Å². The van der Waals surface area contributed by atoms with Gasteiger partial charge in [-0.05, 0) is 115 Å². The van der Waals surface area contributed by atoms with Gasteiger partial charge in [0.05, 0.1) is 0 Å². The monoisotopic (exact) mass is 2430 g/mol. The molecule has 8 nitrogen and oxygen atoms in total. The minimum Gasteiger partial charge on any atom is -0.466 e. The maximum atomic E-state index is 6.07. The molecule has 0 unspecified atom stereocenters. The van der Waals surface area contributed by atoms with Gasteiger partial charge in [0.2, 0.25) is 12.6 Å². The Kier molecular flexibility index (Phi) is 62.4. The number of para-hydroxylation sites is 1. The van der Waals surface area contributed by atoms with Crippen LogP contribution in [0.25, 0.3) is 72.7 Å². The number of aromatic nitrogens is 7. The molecule has 17 aromatic rings. The van der Waals surface area contributed by atoms with Gasteiger partial charge >= 0.3 is 63.2 Å². The number of nitrogens with zero attached hydrogens (tertiary/aromatic N) is 7. The van der Waals surface area contributed by atoms with Crippen LogP contribution in [0, 0.1) is 36.4 Å². The fraction of sp³-hybridized carbons (Fsp3) is 0.297. The molecule has 10 aromatic carbocycles. The standard InChI is InChI=1S/C36H22BN3.C30H19BN2O.C30H19BN2.16C2H6.3Pt/c1-2-12-33-28(10-1)29-20-27-19-26-9-7-8-25-18-23-14-15-24(32-11-3-5-16-38-32)21-30(23)37(36(25)26)31(27)22-34(29)40(33)35-13-4-6-17-39-35;1-3-14-32-28(8-1)22-11-10-20-16-23-6-5-7-24-17-21-12-13-25(34-29-9-2-4-15-33-29)19-27(21)31(30(23)24)26(20)18-22;1-3-14-32-28(8-1)22-12-10-20-16-24-6-5-7-25-17-21-11-13-23(29-9-2-4-15-33-29)19-27(21)31(30(24)25)26(20)18-22;16*1-2;;;/h1-17,20H,18-19H2;1-15H,16-17H2;1-15H,16-17H2;16*1-2H3;;;/q3*-2;;;;;;;;;;;;;;;;;3*+2. The normalized spacial score (nSPS) is 10.6. The van der Waals surface area contributed by atoms with Gasteiger partial charge in [0.25, 0.3) is 0 Å². The van der Waals surface area contributed by atoms with Crippen molar-refractivity contribution in [1.82, 2.24) is 34.5 Å². The molecule has 0 amide bonds. The van der Waals surface area contributed by atoms with E-state index < -0.39 is 0 Å². The second-order valence-corrected chi connectivity index (χ2v) is 28.5. The Bertz CT molecular complexity index is 6280. The van der Waals surface area contributed by atoms with Crippen molar-refractivity contribution >= 4 is 91.1 Å². The molecule has 748 valence electrons. The van der Waals surface area contributed by atoms with Gasteiger partial charge in [0.1, 0.15) is 5.82 Å². The minimum absolute atomic E-state index is 0. The molecule has 6 aliphatic heterocycles. The van der Waals surface area contributed by atoms with Crippen LogP contribution in [0.5, 0.6) is 11.6 Å². The van der Waals surface area contributed by atoms with Crippen LogP contribution in [0.15, 0.2) is 292 Å². The fourth-order valence-corrected chi connectivity index (χ4v) is 17.7. The first-order chi connectivity index (χ1) is 69.0. The van der Waals surface area contributed by atoms with Gasteiger partial charge in [0.15, 0.2) is 13.4 Å². The van der Waals surface area contributed by atoms with E-state index in [-0.39, 0.29) is 83.3 Å². The fourth-order valence-electron chi connectivity index (χ4n) is 17.7. The zero-order valence-electron chi connectivity index (χ0n) is 91.2. The smallest absolute Gasteiger partial charge is 0.466 e. The summed E-state index contributed by atoms with van der Waals surface area (Å²) in [5.41, 5.74) is 38.3. The summed E-state index contributed by atoms with van der Waals surface area (Å²) in [4.78, 5) is 27.4. The van der Waals surface area contributed by atoms with Crippen molar-refractivity contribution < 1.29 is 67.9 Å². The van der Waals surface area contributed by atoms with E-state index in [0.29, 0.717) is 11.6 Å². The molecule has 13 heterocycles. The van der Waals surface area contributed by atoms with E-state index >= 15 is 0 Å².